The normalized spacial score (nSPS) is 13.3. The summed E-state index contributed by atoms with van der Waals surface area (Å²) in [6.45, 7) is 13.5. The number of aryl methyl sites for hydroxylation is 2. The molecule has 0 saturated carbocycles. The number of hydrogen-bond donors (Lipinski definition) is 0. The average Bonchev–Trinajstić information content (AvgIpc) is 3.27. The van der Waals surface area contributed by atoms with Gasteiger partial charge in [0, 0.05) is 22.3 Å². The summed E-state index contributed by atoms with van der Waals surface area (Å²) in [5, 5.41) is 0. The van der Waals surface area contributed by atoms with E-state index in [2.05, 4.69) is 90.1 Å². The Morgan fingerprint density at radius 3 is 1.39 bits per heavy atom. The molecule has 1 aliphatic heterocycles. The molecule has 0 atom stereocenters. The number of rotatable bonds is 18. The van der Waals surface area contributed by atoms with Crippen LogP contribution in [0.3, 0.4) is 0 Å². The van der Waals surface area contributed by atoms with E-state index < -0.39 is 0 Å². The zero-order valence-electron chi connectivity index (χ0n) is 27.1. The molecule has 230 valence electrons. The van der Waals surface area contributed by atoms with Gasteiger partial charge in [0.1, 0.15) is 0 Å². The van der Waals surface area contributed by atoms with Crippen LogP contribution < -0.4 is 0 Å². The molecular weight excluding hydrogens is 591 g/mol. The van der Waals surface area contributed by atoms with Gasteiger partial charge in [0.25, 0.3) is 0 Å². The molecule has 1 heterocycles. The molecule has 0 spiro atoms. The van der Waals surface area contributed by atoms with Crippen LogP contribution in [0, 0.1) is 0 Å². The van der Waals surface area contributed by atoms with Crippen molar-refractivity contribution >= 4 is 11.4 Å². The van der Waals surface area contributed by atoms with Crippen LogP contribution >= 0.6 is 0 Å². The molecule has 0 saturated heterocycles. The van der Waals surface area contributed by atoms with Crippen molar-refractivity contribution < 1.29 is 22.7 Å². The summed E-state index contributed by atoms with van der Waals surface area (Å²) in [6.07, 6.45) is 16.3. The molecule has 0 unspecified atom stereocenters. The summed E-state index contributed by atoms with van der Waals surface area (Å²) in [4.78, 5) is 2.79. The van der Waals surface area contributed by atoms with Gasteiger partial charge < -0.3 is 5.53 Å². The van der Waals surface area contributed by atoms with Gasteiger partial charge in [-0.05, 0) is 86.8 Å². The number of benzene rings is 2. The molecule has 1 aliphatic rings. The molecule has 0 radical (unpaired) electrons. The van der Waals surface area contributed by atoms with E-state index in [1.165, 1.54) is 70.6 Å². The molecule has 2 nitrogen and oxygen atoms in total. The quantitative estimate of drug-likeness (QED) is 0.0873. The van der Waals surface area contributed by atoms with Crippen LogP contribution in [0.25, 0.3) is 16.9 Å². The van der Waals surface area contributed by atoms with Gasteiger partial charge in [-0.15, -0.1) is 0 Å². The van der Waals surface area contributed by atoms with Gasteiger partial charge in [0.15, 0.2) is 0 Å². The van der Waals surface area contributed by atoms with Gasteiger partial charge in [-0.2, -0.15) is 0 Å². The minimum atomic E-state index is 1.01. The third kappa shape index (κ3) is 11.4. The second-order valence-electron chi connectivity index (χ2n) is 11.1. The van der Waals surface area contributed by atoms with E-state index >= 15 is 0 Å². The fraction of sp³-hybridized carbons (Fsp3) is 0.579. The van der Waals surface area contributed by atoms with Gasteiger partial charge in [-0.25, -0.2) is 4.70 Å². The summed E-state index contributed by atoms with van der Waals surface area (Å²) in [5.74, 6) is 0. The number of unbranched alkanes of at least 4 members (excludes halogenated alkanes) is 6. The van der Waals surface area contributed by atoms with Crippen molar-refractivity contribution in [3.63, 3.8) is 0 Å². The van der Waals surface area contributed by atoms with Crippen LogP contribution in [0.15, 0.2) is 59.7 Å². The van der Waals surface area contributed by atoms with Crippen molar-refractivity contribution in [3.8, 4) is 0 Å². The van der Waals surface area contributed by atoms with Crippen molar-refractivity contribution in [3.05, 3.63) is 87.5 Å². The fourth-order valence-corrected chi connectivity index (χ4v) is 6.31. The maximum atomic E-state index is 11.8. The second kappa shape index (κ2) is 21.0. The Hall–Kier alpha value is -1.82. The van der Waals surface area contributed by atoms with E-state index in [9.17, 15) is 5.53 Å². The Labute approximate surface area is 261 Å². The van der Waals surface area contributed by atoms with Crippen LogP contribution in [-0.4, -0.2) is 4.70 Å². The first-order valence-corrected chi connectivity index (χ1v) is 18.8. The summed E-state index contributed by atoms with van der Waals surface area (Å²) >= 11 is 1.04. The van der Waals surface area contributed by atoms with Crippen molar-refractivity contribution in [2.45, 2.75) is 141 Å². The zero-order chi connectivity index (χ0) is 29.9. The first-order chi connectivity index (χ1) is 20.1. The number of allylic oxidation sites excluding steroid dienone is 2. The van der Waals surface area contributed by atoms with E-state index in [4.69, 9.17) is 0 Å². The van der Waals surface area contributed by atoms with Gasteiger partial charge in [0.2, 0.25) is 11.4 Å². The van der Waals surface area contributed by atoms with Crippen LogP contribution in [0.5, 0.6) is 0 Å². The van der Waals surface area contributed by atoms with Crippen molar-refractivity contribution in [2.75, 3.05) is 0 Å². The van der Waals surface area contributed by atoms with Crippen LogP contribution in [-0.2, 0) is 30.8 Å². The molecule has 0 bridgehead atoms. The van der Waals surface area contributed by atoms with E-state index in [1.807, 2.05) is 0 Å². The Morgan fingerprint density at radius 2 is 0.976 bits per heavy atom. The van der Waals surface area contributed by atoms with Crippen molar-refractivity contribution in [1.82, 2.24) is 0 Å². The third-order valence-electron chi connectivity index (χ3n) is 7.78. The topological polar surface area (TPSA) is 25.3 Å². The Kier molecular flexibility index (Phi) is 18.1. The van der Waals surface area contributed by atoms with Crippen molar-refractivity contribution in [2.24, 2.45) is 0 Å². The van der Waals surface area contributed by atoms with Crippen LogP contribution in [0.1, 0.15) is 141 Å². The van der Waals surface area contributed by atoms with E-state index in [0.29, 0.717) is 0 Å². The molecular formula is C38H58N2Pd. The zero-order valence-corrected chi connectivity index (χ0v) is 28.7. The molecule has 0 aromatic heterocycles. The monoisotopic (exact) mass is 648 g/mol. The first kappa shape index (κ1) is 35.4. The summed E-state index contributed by atoms with van der Waals surface area (Å²) in [5.41, 5.74) is 21.6. The van der Waals surface area contributed by atoms with Crippen LogP contribution in [0.4, 0.5) is 0 Å². The summed E-state index contributed by atoms with van der Waals surface area (Å²) in [7, 11) is 0. The van der Waals surface area contributed by atoms with Crippen molar-refractivity contribution in [1.29, 1.82) is 0 Å². The van der Waals surface area contributed by atoms with Crippen LogP contribution in [0.2, 0.25) is 9.79 Å². The predicted molar refractivity (Wildman–Crippen MR) is 177 cm³/mol. The van der Waals surface area contributed by atoms with E-state index in [-0.39, 0.29) is 0 Å². The molecule has 0 aliphatic carbocycles. The second-order valence-corrected chi connectivity index (χ2v) is 14.1. The maximum absolute atomic E-state index is 11.8. The molecule has 3 heteroatoms. The number of hydrogen-bond acceptors (Lipinski definition) is 0. The fourth-order valence-electron chi connectivity index (χ4n) is 5.54. The van der Waals surface area contributed by atoms with Gasteiger partial charge in [0.05, 0.1) is 0 Å². The molecule has 0 amide bonds. The number of nitrogens with zero attached hydrogens (tertiary/aromatic N) is 2. The minimum absolute atomic E-state index is 1.01. The summed E-state index contributed by atoms with van der Waals surface area (Å²) in [6, 6.07) is 17.8. The van der Waals surface area contributed by atoms with Gasteiger partial charge in [-0.1, -0.05) is 90.5 Å². The molecule has 3 rings (SSSR count). The average molecular weight is 649 g/mol. The van der Waals surface area contributed by atoms with E-state index in [0.717, 1.165) is 91.9 Å². The molecule has 2 aromatic carbocycles. The van der Waals surface area contributed by atoms with Gasteiger partial charge >= 0.3 is 41.6 Å². The molecule has 41 heavy (non-hydrogen) atoms. The standard InChI is InChI=1S/C34H48N2.2C2H5.Pd/c1-5-9-13-14-18-28-20-16-22-30(26-28)34-32(24-12-8-4)31(23-11-7-3)33(36(34)35)29-21-15-19-27(25-29)17-10-6-2;2*1-2;/h15-16,19-22,25-26H,5-14,17-18,23-24H2,1-4H3;2*1H2,2H3;. The molecule has 0 N–H and O–H groups in total. The third-order valence-corrected chi connectivity index (χ3v) is 9.33. The SMILES string of the molecule is CCCCCCc1cccc(C2=C(CCCC)C(CCCC)=C(c3cccc(CCCC)c3)[N+]2=[N-])c1.C[CH2][Pd][CH2]C. The van der Waals surface area contributed by atoms with E-state index in [1.54, 1.807) is 4.70 Å². The summed E-state index contributed by atoms with van der Waals surface area (Å²) < 4.78 is 1.55. The Balaban J connectivity index is 0.00000108. The van der Waals surface area contributed by atoms with Gasteiger partial charge in [-0.3, -0.25) is 0 Å². The molecule has 2 aromatic rings. The predicted octanol–water partition coefficient (Wildman–Crippen LogP) is 12.6. The molecule has 0 fully saturated rings. The Morgan fingerprint density at radius 1 is 0.537 bits per heavy atom. The Bertz CT molecular complexity index is 1110. The first-order valence-electron chi connectivity index (χ1n) is 16.6.